The normalized spacial score (nSPS) is 10.2. The summed E-state index contributed by atoms with van der Waals surface area (Å²) < 4.78 is 43.2. The highest BCUT2D eigenvalue weighted by atomic mass is 127. The quantitative estimate of drug-likeness (QED) is 0.00922. The van der Waals surface area contributed by atoms with E-state index in [2.05, 4.69) is 65.8 Å². The summed E-state index contributed by atoms with van der Waals surface area (Å²) in [4.78, 5) is 147. The van der Waals surface area contributed by atoms with Crippen molar-refractivity contribution in [1.82, 2.24) is 59.0 Å². The van der Waals surface area contributed by atoms with Crippen LogP contribution in [-0.4, -0.2) is 185 Å². The monoisotopic (exact) mass is 1600 g/mol. The molecule has 0 saturated heterocycles. The third-order valence-corrected chi connectivity index (χ3v) is 13.2. The number of hydrogen-bond acceptors (Lipinski definition) is 34. The second-order valence-electron chi connectivity index (χ2n) is 20.3. The molecule has 0 saturated carbocycles. The third kappa shape index (κ3) is 37.7. The Morgan fingerprint density at radius 3 is 1.18 bits per heavy atom. The summed E-state index contributed by atoms with van der Waals surface area (Å²) in [5, 5.41) is 7.82. The smallest absolute Gasteiger partial charge is 0.302 e. The van der Waals surface area contributed by atoms with Crippen molar-refractivity contribution in [2.24, 2.45) is 29.4 Å². The van der Waals surface area contributed by atoms with E-state index in [9.17, 15) is 47.9 Å². The maximum Gasteiger partial charge on any atom is 0.302 e. The van der Waals surface area contributed by atoms with Crippen molar-refractivity contribution in [3.05, 3.63) is 39.5 Å². The van der Waals surface area contributed by atoms with Crippen molar-refractivity contribution >= 4 is 194 Å². The van der Waals surface area contributed by atoms with Crippen LogP contribution < -0.4 is 44.6 Å². The molecule has 0 bridgehead atoms. The lowest BCUT2D eigenvalue weighted by Gasteiger charge is -2.17. The number of nitrogens with zero attached hydrogens (tertiary/aromatic N) is 12. The van der Waals surface area contributed by atoms with Gasteiger partial charge in [-0.25, -0.2) is 15.0 Å². The maximum atomic E-state index is 11.0. The van der Waals surface area contributed by atoms with Gasteiger partial charge in [0.2, 0.25) is 36.6 Å². The van der Waals surface area contributed by atoms with Crippen LogP contribution >= 0.6 is 70.4 Å². The summed E-state index contributed by atoms with van der Waals surface area (Å²) in [5.41, 5.74) is 29.9. The van der Waals surface area contributed by atoms with Gasteiger partial charge in [-0.05, 0) is 32.2 Å². The molecule has 0 unspecified atom stereocenters. The van der Waals surface area contributed by atoms with Crippen molar-refractivity contribution in [1.29, 1.82) is 0 Å². The van der Waals surface area contributed by atoms with E-state index in [0.717, 1.165) is 0 Å². The molecule has 0 aromatic carbocycles. The van der Waals surface area contributed by atoms with E-state index in [1.54, 1.807) is 23.4 Å². The number of hydrogen-bond donors (Lipinski definition) is 8. The molecular formula is C57H83Cl4IN20O18. The van der Waals surface area contributed by atoms with Crippen molar-refractivity contribution < 1.29 is 85.8 Å². The number of esters is 8. The zero-order chi connectivity index (χ0) is 73.4. The molecule has 0 aliphatic heterocycles. The summed E-state index contributed by atoms with van der Waals surface area (Å²) in [6, 6.07) is 0. The van der Waals surface area contributed by atoms with Gasteiger partial charge in [-0.1, -0.05) is 53.8 Å². The fourth-order valence-electron chi connectivity index (χ4n) is 7.50. The number of carbonyl (C=O) groups excluding carboxylic acids is 10. The Kier molecular flexibility index (Phi) is 44.8. The van der Waals surface area contributed by atoms with Gasteiger partial charge in [-0.15, -0.1) is 24.0 Å². The summed E-state index contributed by atoms with van der Waals surface area (Å²) in [7, 11) is 0. The first kappa shape index (κ1) is 90.8. The molecule has 43 heteroatoms. The summed E-state index contributed by atoms with van der Waals surface area (Å²) in [5.74, 6) is -3.11. The van der Waals surface area contributed by atoms with Gasteiger partial charge in [0.25, 0.3) is 0 Å². The minimum atomic E-state index is -0.423. The van der Waals surface area contributed by atoms with Crippen LogP contribution in [0.4, 0.5) is 41.0 Å². The zero-order valence-corrected chi connectivity index (χ0v) is 60.4. The third-order valence-electron chi connectivity index (χ3n) is 12.1. The Hall–Kier alpha value is -9.19. The number of aryl methyl sites for hydroxylation is 2. The fourth-order valence-corrected chi connectivity index (χ4v) is 8.46. The van der Waals surface area contributed by atoms with Crippen LogP contribution in [-0.2, 0) is 98.9 Å². The molecule has 6 heterocycles. The Morgan fingerprint density at radius 2 is 0.780 bits per heavy atom. The van der Waals surface area contributed by atoms with Crippen molar-refractivity contribution in [3.63, 3.8) is 0 Å². The number of amides is 2. The Bertz CT molecular complexity index is 3520. The number of fused-ring (bicyclic) bond motifs is 2. The number of imidazole rings is 2. The molecule has 0 atom stereocenters. The fraction of sp³-hybridized carbons (Fsp3) is 0.509. The lowest BCUT2D eigenvalue weighted by atomic mass is 10.1. The van der Waals surface area contributed by atoms with E-state index in [1.807, 2.05) is 4.57 Å². The Labute approximate surface area is 610 Å². The molecule has 2 amide bonds. The van der Waals surface area contributed by atoms with Gasteiger partial charge >= 0.3 is 47.8 Å². The molecule has 6 rings (SSSR count). The number of carbonyl (C=O) groups is 10. The standard InChI is InChI=1S/C14H20ClN5O5.C14H18ClN5O4.C14H19N5O4.C9H17NO4.C5H4Cl2N4O.CH4.HI/c1-8(22)24-5-10(6-25-9(2)23)3-4-17-13-11(18-7-21)12(15)19-14(16)20-13;1-8(21)23-5-10(6-24-9(2)22)3-4-20-7-17-11-12(15)18-14(16)19-13(11)20;1-9(20)22-6-11(7-23-10(2)21)3-4-19-8-17-12-5-16-14(15)18-13(12)19;1-7(11)13-5-9(3-4-10)6-14-8(2)12;6-3-2(9-1-12)4(7)11-5(8)10-3;;/h7,10H,3-6H2,1-2H3,(H,18,21)(H3,16,17,19,20);7,10H,3-6H2,1-2H3,(H2,16,18,19);5,8,11H,3-4,6-7H2,1-2H3,(H2,15,16,18);9H,3-6,10H2,1-2H3;1H,(H,9,12)(H2,8,10,11);1H4;1H. The highest BCUT2D eigenvalue weighted by Crippen LogP contribution is 2.29. The predicted octanol–water partition coefficient (Wildman–Crippen LogP) is 4.83. The number of nitrogens with two attached hydrogens (primary N) is 5. The van der Waals surface area contributed by atoms with E-state index in [0.29, 0.717) is 87.0 Å². The SMILES string of the molecule is C.CC(=O)OCC(CCN)COC(C)=O.CC(=O)OCC(CCNc1nc(N)nc(Cl)c1NC=O)COC(C)=O.CC(=O)OCC(CCn1cnc2c(Cl)nc(N)nc21)COC(C)=O.CC(=O)OCC(CCn1cnc2cnc(N)nc21)COC(C)=O.I.Nc1nc(Cl)c(NC=O)c(Cl)n1. The van der Waals surface area contributed by atoms with Gasteiger partial charge in [0.1, 0.15) is 22.4 Å². The van der Waals surface area contributed by atoms with E-state index in [4.69, 9.17) is 113 Å². The lowest BCUT2D eigenvalue weighted by molar-refractivity contribution is -0.148. The minimum Gasteiger partial charge on any atom is -0.465 e. The van der Waals surface area contributed by atoms with Gasteiger partial charge < -0.3 is 91.6 Å². The topological polar surface area (TPSA) is 549 Å². The first-order valence-corrected chi connectivity index (χ1v) is 30.7. The number of anilines is 7. The van der Waals surface area contributed by atoms with Gasteiger partial charge in [0, 0.05) is 98.7 Å². The van der Waals surface area contributed by atoms with Crippen LogP contribution in [0.1, 0.15) is 88.5 Å². The minimum absolute atomic E-state index is 0. The molecule has 38 nitrogen and oxygen atoms in total. The predicted molar refractivity (Wildman–Crippen MR) is 377 cm³/mol. The number of nitrogen functional groups attached to an aromatic ring is 4. The molecule has 0 spiro atoms. The van der Waals surface area contributed by atoms with E-state index in [1.165, 1.54) is 55.4 Å². The van der Waals surface area contributed by atoms with Gasteiger partial charge in [0.15, 0.2) is 37.7 Å². The summed E-state index contributed by atoms with van der Waals surface area (Å²) in [6.45, 7) is 13.9. The van der Waals surface area contributed by atoms with Crippen LogP contribution in [0.3, 0.4) is 0 Å². The van der Waals surface area contributed by atoms with Crippen LogP contribution in [0.2, 0.25) is 20.6 Å². The molecule has 6 aromatic heterocycles. The van der Waals surface area contributed by atoms with Crippen molar-refractivity contribution in [3.8, 4) is 0 Å². The first-order chi connectivity index (χ1) is 46.3. The second kappa shape index (κ2) is 49.3. The molecule has 0 aliphatic rings. The number of aromatic nitrogens is 12. The maximum absolute atomic E-state index is 11.0. The molecule has 13 N–H and O–H groups in total. The van der Waals surface area contributed by atoms with Crippen LogP contribution in [0, 0.1) is 23.7 Å². The van der Waals surface area contributed by atoms with Gasteiger partial charge in [-0.2, -0.15) is 34.9 Å². The molecule has 100 heavy (non-hydrogen) atoms. The molecule has 6 aromatic rings. The van der Waals surface area contributed by atoms with Gasteiger partial charge in [-0.3, -0.25) is 47.9 Å². The average molecular weight is 1610 g/mol. The average Bonchev–Trinajstić information content (AvgIpc) is 1.66. The van der Waals surface area contributed by atoms with Crippen molar-refractivity contribution in [2.75, 3.05) is 105 Å². The summed E-state index contributed by atoms with van der Waals surface area (Å²) in [6.07, 6.45) is 8.01. The molecule has 554 valence electrons. The van der Waals surface area contributed by atoms with E-state index < -0.39 is 11.9 Å². The Balaban J connectivity index is 0.00000125. The van der Waals surface area contributed by atoms with E-state index >= 15 is 0 Å². The van der Waals surface area contributed by atoms with Crippen LogP contribution in [0.25, 0.3) is 22.3 Å². The molecular weight excluding hydrogens is 1520 g/mol. The first-order valence-electron chi connectivity index (χ1n) is 29.2. The molecule has 0 fully saturated rings. The Morgan fingerprint density at radius 1 is 0.450 bits per heavy atom. The molecule has 0 aliphatic carbocycles. The molecule has 0 radical (unpaired) electrons. The van der Waals surface area contributed by atoms with E-state index in [-0.39, 0.29) is 205 Å². The number of rotatable bonds is 32. The zero-order valence-electron chi connectivity index (χ0n) is 55.0. The van der Waals surface area contributed by atoms with Crippen molar-refractivity contribution in [2.45, 2.75) is 102 Å². The van der Waals surface area contributed by atoms with Gasteiger partial charge in [0.05, 0.1) is 71.7 Å². The highest BCUT2D eigenvalue weighted by molar-refractivity contribution is 14.0. The summed E-state index contributed by atoms with van der Waals surface area (Å²) >= 11 is 23.1. The van der Waals surface area contributed by atoms with Crippen LogP contribution in [0.15, 0.2) is 18.9 Å². The number of ether oxygens (including phenoxy) is 8. The lowest BCUT2D eigenvalue weighted by Crippen LogP contribution is -2.22. The second-order valence-corrected chi connectivity index (χ2v) is 21.7. The van der Waals surface area contributed by atoms with Crippen LogP contribution in [0.5, 0.6) is 0 Å². The number of nitrogens with one attached hydrogen (secondary N) is 3. The highest BCUT2D eigenvalue weighted by Gasteiger charge is 2.20. The largest absolute Gasteiger partial charge is 0.465 e. The number of halogens is 5.